The van der Waals surface area contributed by atoms with Gasteiger partial charge in [0.15, 0.2) is 5.82 Å². The average molecular weight is 520 g/mol. The van der Waals surface area contributed by atoms with E-state index in [0.29, 0.717) is 49.2 Å². The molecule has 0 spiro atoms. The number of halogens is 2. The zero-order chi connectivity index (χ0) is 27.2. The lowest BCUT2D eigenvalue weighted by atomic mass is 9.87. The highest BCUT2D eigenvalue weighted by Crippen LogP contribution is 2.26. The van der Waals surface area contributed by atoms with Crippen molar-refractivity contribution >= 4 is 17.6 Å². The van der Waals surface area contributed by atoms with E-state index in [2.05, 4.69) is 20.9 Å². The van der Waals surface area contributed by atoms with Crippen molar-refractivity contribution in [3.05, 3.63) is 47.4 Å². The second kappa shape index (κ2) is 12.6. The van der Waals surface area contributed by atoms with Crippen molar-refractivity contribution in [3.63, 3.8) is 0 Å². The maximum atomic E-state index is 14.3. The van der Waals surface area contributed by atoms with Crippen LogP contribution in [0, 0.1) is 11.6 Å². The third-order valence-corrected chi connectivity index (χ3v) is 7.03. The molecule has 0 aliphatic heterocycles. The van der Waals surface area contributed by atoms with Crippen molar-refractivity contribution in [2.45, 2.75) is 89.9 Å². The lowest BCUT2D eigenvalue weighted by molar-refractivity contribution is -0.129. The average Bonchev–Trinajstić information content (AvgIpc) is 3.33. The molecule has 37 heavy (non-hydrogen) atoms. The summed E-state index contributed by atoms with van der Waals surface area (Å²) in [6.45, 7) is 7.95. The second-order valence-electron chi connectivity index (χ2n) is 10.2. The standard InChI is InChI=1S/C27H39F2N5O3/c1-6-8-23(31-20-10-9-17-11-18(28)12-22(29)21(17)13-20)25(35)33-24-14-34(16-30-24)27(3,4)26(36)32-19(7-2)15-37-5/h11-12,14,16,19-20,23,31H,6-10,13,15H2,1-5H3,(H,32,36)(H,33,35)/t19?,20-,23-/m0/s1. The summed E-state index contributed by atoms with van der Waals surface area (Å²) in [7, 11) is 1.60. The third-order valence-electron chi connectivity index (χ3n) is 7.03. The molecule has 204 valence electrons. The van der Waals surface area contributed by atoms with Crippen LogP contribution in [0.25, 0.3) is 0 Å². The van der Waals surface area contributed by atoms with Crippen LogP contribution < -0.4 is 16.0 Å². The molecular weight excluding hydrogens is 480 g/mol. The van der Waals surface area contributed by atoms with E-state index in [0.717, 1.165) is 18.9 Å². The van der Waals surface area contributed by atoms with Gasteiger partial charge in [-0.15, -0.1) is 0 Å². The molecular formula is C27H39F2N5O3. The molecule has 2 amide bonds. The molecule has 0 saturated carbocycles. The molecule has 1 heterocycles. The van der Waals surface area contributed by atoms with E-state index in [4.69, 9.17) is 4.74 Å². The minimum absolute atomic E-state index is 0.0976. The van der Waals surface area contributed by atoms with Gasteiger partial charge < -0.3 is 25.3 Å². The SMILES string of the molecule is CCC[C@H](N[C@H]1CCc2cc(F)cc(F)c2C1)C(=O)Nc1cn(C(C)(C)C(=O)NC(CC)COC)cn1. The lowest BCUT2D eigenvalue weighted by Gasteiger charge is -2.29. The van der Waals surface area contributed by atoms with Crippen LogP contribution in [0.4, 0.5) is 14.6 Å². The van der Waals surface area contributed by atoms with E-state index in [1.165, 1.54) is 12.4 Å². The number of amides is 2. The van der Waals surface area contributed by atoms with Gasteiger partial charge >= 0.3 is 0 Å². The number of nitrogens with one attached hydrogen (secondary N) is 3. The first-order valence-corrected chi connectivity index (χ1v) is 13.0. The van der Waals surface area contributed by atoms with Crippen LogP contribution in [0.2, 0.25) is 0 Å². The number of imidazole rings is 1. The number of hydrogen-bond donors (Lipinski definition) is 3. The molecule has 3 rings (SSSR count). The fourth-order valence-electron chi connectivity index (χ4n) is 4.64. The molecule has 3 atom stereocenters. The van der Waals surface area contributed by atoms with Crippen LogP contribution in [0.5, 0.6) is 0 Å². The summed E-state index contributed by atoms with van der Waals surface area (Å²) in [5.74, 6) is -1.19. The van der Waals surface area contributed by atoms with Gasteiger partial charge in [-0.25, -0.2) is 13.8 Å². The van der Waals surface area contributed by atoms with Gasteiger partial charge in [0.25, 0.3) is 0 Å². The molecule has 1 aliphatic carbocycles. The topological polar surface area (TPSA) is 97.3 Å². The van der Waals surface area contributed by atoms with Crippen molar-refractivity contribution < 1.29 is 23.1 Å². The predicted molar refractivity (Wildman–Crippen MR) is 138 cm³/mol. The second-order valence-corrected chi connectivity index (χ2v) is 10.2. The van der Waals surface area contributed by atoms with Crippen LogP contribution in [0.3, 0.4) is 0 Å². The molecule has 1 aromatic carbocycles. The molecule has 0 fully saturated rings. The smallest absolute Gasteiger partial charge is 0.245 e. The summed E-state index contributed by atoms with van der Waals surface area (Å²) in [4.78, 5) is 30.4. The number of rotatable bonds is 12. The fourth-order valence-corrected chi connectivity index (χ4v) is 4.64. The zero-order valence-corrected chi connectivity index (χ0v) is 22.4. The Hall–Kier alpha value is -2.85. The van der Waals surface area contributed by atoms with Crippen LogP contribution in [0.15, 0.2) is 24.7 Å². The predicted octanol–water partition coefficient (Wildman–Crippen LogP) is 3.69. The Morgan fingerprint density at radius 3 is 2.70 bits per heavy atom. The van der Waals surface area contributed by atoms with E-state index in [-0.39, 0.29) is 23.9 Å². The van der Waals surface area contributed by atoms with Crippen molar-refractivity contribution in [1.82, 2.24) is 20.2 Å². The molecule has 1 unspecified atom stereocenters. The largest absolute Gasteiger partial charge is 0.383 e. The van der Waals surface area contributed by atoms with Gasteiger partial charge in [0, 0.05) is 25.4 Å². The number of ether oxygens (including phenoxy) is 1. The first kappa shape index (κ1) is 28.7. The molecule has 1 aliphatic rings. The van der Waals surface area contributed by atoms with Gasteiger partial charge in [-0.05, 0) is 63.1 Å². The maximum absolute atomic E-state index is 14.3. The van der Waals surface area contributed by atoms with E-state index < -0.39 is 23.2 Å². The molecule has 0 saturated heterocycles. The first-order chi connectivity index (χ1) is 17.6. The molecule has 0 bridgehead atoms. The number of hydrogen-bond acceptors (Lipinski definition) is 5. The van der Waals surface area contributed by atoms with E-state index in [1.54, 1.807) is 31.7 Å². The minimum atomic E-state index is -0.933. The summed E-state index contributed by atoms with van der Waals surface area (Å²) in [5.41, 5.74) is 0.268. The normalized spacial score (nSPS) is 17.1. The Morgan fingerprint density at radius 1 is 1.27 bits per heavy atom. The lowest BCUT2D eigenvalue weighted by Crippen LogP contribution is -2.49. The molecule has 1 aromatic heterocycles. The number of carbonyl (C=O) groups is 2. The number of nitrogens with zero attached hydrogens (tertiary/aromatic N) is 2. The monoisotopic (exact) mass is 519 g/mol. The van der Waals surface area contributed by atoms with Crippen LogP contribution in [-0.2, 0) is 32.7 Å². The number of benzene rings is 1. The highest BCUT2D eigenvalue weighted by molar-refractivity contribution is 5.94. The summed E-state index contributed by atoms with van der Waals surface area (Å²) in [6.07, 6.45) is 6.89. The van der Waals surface area contributed by atoms with Crippen LogP contribution in [-0.4, -0.2) is 53.2 Å². The van der Waals surface area contributed by atoms with Crippen molar-refractivity contribution in [2.24, 2.45) is 0 Å². The number of fused-ring (bicyclic) bond motifs is 1. The van der Waals surface area contributed by atoms with Crippen LogP contribution >= 0.6 is 0 Å². The maximum Gasteiger partial charge on any atom is 0.245 e. The fraction of sp³-hybridized carbons (Fsp3) is 0.593. The summed E-state index contributed by atoms with van der Waals surface area (Å²) < 4.78 is 34.7. The van der Waals surface area contributed by atoms with Crippen LogP contribution in [0.1, 0.15) is 64.5 Å². The molecule has 2 aromatic rings. The van der Waals surface area contributed by atoms with Crippen molar-refractivity contribution in [3.8, 4) is 0 Å². The van der Waals surface area contributed by atoms with Crippen molar-refractivity contribution in [1.29, 1.82) is 0 Å². The molecule has 0 radical (unpaired) electrons. The molecule has 10 heteroatoms. The zero-order valence-electron chi connectivity index (χ0n) is 22.4. The minimum Gasteiger partial charge on any atom is -0.383 e. The first-order valence-electron chi connectivity index (χ1n) is 13.0. The summed E-state index contributed by atoms with van der Waals surface area (Å²) >= 11 is 0. The Morgan fingerprint density at radius 2 is 2.03 bits per heavy atom. The Labute approximate surface area is 217 Å². The Bertz CT molecular complexity index is 1090. The Balaban J connectivity index is 1.64. The summed E-state index contributed by atoms with van der Waals surface area (Å²) in [6, 6.07) is 1.60. The quantitative estimate of drug-likeness (QED) is 0.397. The highest BCUT2D eigenvalue weighted by Gasteiger charge is 2.32. The van der Waals surface area contributed by atoms with Gasteiger partial charge in [0.1, 0.15) is 17.2 Å². The summed E-state index contributed by atoms with van der Waals surface area (Å²) in [5, 5.41) is 9.21. The number of carbonyl (C=O) groups excluding carboxylic acids is 2. The molecule has 8 nitrogen and oxygen atoms in total. The van der Waals surface area contributed by atoms with Gasteiger partial charge in [-0.2, -0.15) is 0 Å². The molecule has 3 N–H and O–H groups in total. The Kier molecular flexibility index (Phi) is 9.78. The van der Waals surface area contributed by atoms with Gasteiger partial charge in [-0.3, -0.25) is 9.59 Å². The number of aromatic nitrogens is 2. The van der Waals surface area contributed by atoms with Gasteiger partial charge in [0.05, 0.1) is 25.0 Å². The number of aryl methyl sites for hydroxylation is 1. The van der Waals surface area contributed by atoms with E-state index >= 15 is 0 Å². The number of anilines is 1. The third kappa shape index (κ3) is 7.13. The van der Waals surface area contributed by atoms with Gasteiger partial charge in [0.2, 0.25) is 11.8 Å². The van der Waals surface area contributed by atoms with Gasteiger partial charge in [-0.1, -0.05) is 20.3 Å². The highest BCUT2D eigenvalue weighted by atomic mass is 19.1. The van der Waals surface area contributed by atoms with E-state index in [1.807, 2.05) is 13.8 Å². The van der Waals surface area contributed by atoms with E-state index in [9.17, 15) is 18.4 Å². The van der Waals surface area contributed by atoms with Crippen molar-refractivity contribution in [2.75, 3.05) is 19.0 Å². The number of methoxy groups -OCH3 is 1.